The Morgan fingerprint density at radius 3 is 2.30 bits per heavy atom. The van der Waals surface area contributed by atoms with Crippen LogP contribution in [0.4, 0.5) is 19.0 Å². The van der Waals surface area contributed by atoms with Crippen molar-refractivity contribution in [1.29, 1.82) is 0 Å². The van der Waals surface area contributed by atoms with Gasteiger partial charge in [-0.1, -0.05) is 0 Å². The number of hydrogen-bond acceptors (Lipinski definition) is 4. The molecule has 1 aromatic heterocycles. The van der Waals surface area contributed by atoms with E-state index in [4.69, 9.17) is 5.73 Å². The lowest BCUT2D eigenvalue weighted by atomic mass is 10.2. The molecular weight excluding hydrogens is 273 g/mol. The third-order valence-electron chi connectivity index (χ3n) is 2.68. The summed E-state index contributed by atoms with van der Waals surface area (Å²) in [4.78, 5) is 18.2. The van der Waals surface area contributed by atoms with Gasteiger partial charge in [-0.15, -0.1) is 0 Å². The number of primary amides is 1. The van der Waals surface area contributed by atoms with Gasteiger partial charge in [-0.2, -0.15) is 13.2 Å². The van der Waals surface area contributed by atoms with Crippen LogP contribution in [-0.2, 0) is 6.18 Å². The summed E-state index contributed by atoms with van der Waals surface area (Å²) in [6.45, 7) is 1.02. The fourth-order valence-electron chi connectivity index (χ4n) is 1.55. The number of carbonyl (C=O) groups excluding carboxylic acids is 1. The van der Waals surface area contributed by atoms with Crippen molar-refractivity contribution in [2.75, 3.05) is 39.1 Å². The van der Waals surface area contributed by atoms with Crippen LogP contribution in [0.2, 0.25) is 0 Å². The average Bonchev–Trinajstić information content (AvgIpc) is 2.33. The minimum Gasteiger partial charge on any atom is -0.365 e. The Balaban J connectivity index is 3.15. The molecule has 0 unspecified atom stereocenters. The zero-order valence-corrected chi connectivity index (χ0v) is 11.5. The number of hydrogen-bond donors (Lipinski definition) is 1. The van der Waals surface area contributed by atoms with E-state index in [1.165, 1.54) is 4.90 Å². The molecule has 0 aliphatic rings. The van der Waals surface area contributed by atoms with Gasteiger partial charge >= 0.3 is 6.18 Å². The van der Waals surface area contributed by atoms with E-state index in [0.29, 0.717) is 13.1 Å². The van der Waals surface area contributed by atoms with Crippen molar-refractivity contribution < 1.29 is 18.0 Å². The van der Waals surface area contributed by atoms with Crippen LogP contribution in [0.3, 0.4) is 0 Å². The van der Waals surface area contributed by atoms with Crippen LogP contribution < -0.4 is 10.6 Å². The Morgan fingerprint density at radius 2 is 1.85 bits per heavy atom. The van der Waals surface area contributed by atoms with Crippen LogP contribution in [0.1, 0.15) is 16.1 Å². The van der Waals surface area contributed by atoms with Crippen LogP contribution >= 0.6 is 0 Å². The highest BCUT2D eigenvalue weighted by Gasteiger charge is 2.33. The van der Waals surface area contributed by atoms with Crippen molar-refractivity contribution in [3.63, 3.8) is 0 Å². The van der Waals surface area contributed by atoms with Crippen molar-refractivity contribution in [3.05, 3.63) is 23.4 Å². The van der Waals surface area contributed by atoms with E-state index in [9.17, 15) is 18.0 Å². The van der Waals surface area contributed by atoms with E-state index in [-0.39, 0.29) is 11.4 Å². The van der Waals surface area contributed by atoms with E-state index < -0.39 is 17.8 Å². The molecule has 112 valence electrons. The molecule has 0 bridgehead atoms. The summed E-state index contributed by atoms with van der Waals surface area (Å²) < 4.78 is 38.0. The van der Waals surface area contributed by atoms with Crippen molar-refractivity contribution in [3.8, 4) is 0 Å². The first-order chi connectivity index (χ1) is 9.12. The molecule has 0 saturated heterocycles. The smallest absolute Gasteiger partial charge is 0.365 e. The Bertz CT molecular complexity index is 488. The normalized spacial score (nSPS) is 11.8. The summed E-state index contributed by atoms with van der Waals surface area (Å²) in [5.74, 6) is -0.868. The summed E-state index contributed by atoms with van der Waals surface area (Å²) in [7, 11) is 5.24. The predicted octanol–water partition coefficient (Wildman–Crippen LogP) is 1.20. The molecule has 0 aliphatic heterocycles. The lowest BCUT2D eigenvalue weighted by Gasteiger charge is -2.23. The van der Waals surface area contributed by atoms with Gasteiger partial charge in [-0.05, 0) is 26.2 Å². The molecule has 1 amide bonds. The molecule has 1 aromatic rings. The number of likely N-dealkylation sites (N-methyl/N-ethyl adjacent to an activating group) is 2. The van der Waals surface area contributed by atoms with Gasteiger partial charge in [-0.3, -0.25) is 4.79 Å². The summed E-state index contributed by atoms with van der Waals surface area (Å²) in [5, 5.41) is 0. The fraction of sp³-hybridized carbons (Fsp3) is 0.500. The lowest BCUT2D eigenvalue weighted by molar-refractivity contribution is -0.141. The molecule has 0 saturated carbocycles. The summed E-state index contributed by atoms with van der Waals surface area (Å²) >= 11 is 0. The molecule has 0 atom stereocenters. The van der Waals surface area contributed by atoms with Gasteiger partial charge in [0.2, 0.25) is 0 Å². The highest BCUT2D eigenvalue weighted by Crippen LogP contribution is 2.30. The first-order valence-corrected chi connectivity index (χ1v) is 5.87. The van der Waals surface area contributed by atoms with Crippen LogP contribution in [0.25, 0.3) is 0 Å². The van der Waals surface area contributed by atoms with E-state index in [0.717, 1.165) is 12.1 Å². The van der Waals surface area contributed by atoms with E-state index in [2.05, 4.69) is 4.98 Å². The minimum absolute atomic E-state index is 0.0285. The van der Waals surface area contributed by atoms with Crippen molar-refractivity contribution in [2.24, 2.45) is 5.73 Å². The van der Waals surface area contributed by atoms with Gasteiger partial charge < -0.3 is 15.5 Å². The topological polar surface area (TPSA) is 62.5 Å². The Kier molecular flexibility index (Phi) is 4.93. The van der Waals surface area contributed by atoms with Crippen LogP contribution in [0.5, 0.6) is 0 Å². The maximum atomic E-state index is 12.7. The third kappa shape index (κ3) is 4.09. The molecule has 2 N–H and O–H groups in total. The summed E-state index contributed by atoms with van der Waals surface area (Å²) in [6.07, 6.45) is -4.56. The van der Waals surface area contributed by atoms with Gasteiger partial charge in [0.05, 0.1) is 5.56 Å². The SMILES string of the molecule is CN(C)CCN(C)c1nc(C(F)(F)F)ccc1C(N)=O. The van der Waals surface area contributed by atoms with Crippen molar-refractivity contribution >= 4 is 11.7 Å². The van der Waals surface area contributed by atoms with Crippen LogP contribution in [0, 0.1) is 0 Å². The second-order valence-electron chi connectivity index (χ2n) is 4.65. The number of carbonyl (C=O) groups is 1. The van der Waals surface area contributed by atoms with Crippen molar-refractivity contribution in [1.82, 2.24) is 9.88 Å². The van der Waals surface area contributed by atoms with Crippen molar-refractivity contribution in [2.45, 2.75) is 6.18 Å². The maximum Gasteiger partial charge on any atom is 0.433 e. The molecule has 5 nitrogen and oxygen atoms in total. The molecule has 20 heavy (non-hydrogen) atoms. The second-order valence-corrected chi connectivity index (χ2v) is 4.65. The predicted molar refractivity (Wildman–Crippen MR) is 69.6 cm³/mol. The molecule has 1 heterocycles. The standard InChI is InChI=1S/C12H17F3N4O/c1-18(2)6-7-19(3)11-8(10(16)20)4-5-9(17-11)12(13,14)15/h4-5H,6-7H2,1-3H3,(H2,16,20). The third-order valence-corrected chi connectivity index (χ3v) is 2.68. The molecule has 0 aromatic carbocycles. The summed E-state index contributed by atoms with van der Waals surface area (Å²) in [6, 6.07) is 1.81. The molecule has 0 spiro atoms. The molecule has 0 fully saturated rings. The number of alkyl halides is 3. The second kappa shape index (κ2) is 6.08. The number of rotatable bonds is 5. The first-order valence-electron chi connectivity index (χ1n) is 5.87. The van der Waals surface area contributed by atoms with Crippen LogP contribution in [0.15, 0.2) is 12.1 Å². The van der Waals surface area contributed by atoms with Gasteiger partial charge in [0, 0.05) is 20.1 Å². The lowest BCUT2D eigenvalue weighted by Crippen LogP contribution is -2.31. The fourth-order valence-corrected chi connectivity index (χ4v) is 1.55. The van der Waals surface area contributed by atoms with E-state index in [1.54, 1.807) is 7.05 Å². The number of pyridine rings is 1. The Hall–Kier alpha value is -1.83. The molecule has 0 aliphatic carbocycles. The van der Waals surface area contributed by atoms with Gasteiger partial charge in [-0.25, -0.2) is 4.98 Å². The largest absolute Gasteiger partial charge is 0.433 e. The first kappa shape index (κ1) is 16.2. The van der Waals surface area contributed by atoms with Gasteiger partial charge in [0.15, 0.2) is 0 Å². The molecule has 0 radical (unpaired) electrons. The Morgan fingerprint density at radius 1 is 1.25 bits per heavy atom. The van der Waals surface area contributed by atoms with Gasteiger partial charge in [0.1, 0.15) is 11.5 Å². The molecule has 1 rings (SSSR count). The minimum atomic E-state index is -4.56. The monoisotopic (exact) mass is 290 g/mol. The molecular formula is C12H17F3N4O. The number of anilines is 1. The van der Waals surface area contributed by atoms with Crippen LogP contribution in [-0.4, -0.2) is 50.0 Å². The number of nitrogens with zero attached hydrogens (tertiary/aromatic N) is 3. The number of nitrogens with two attached hydrogens (primary N) is 1. The number of aromatic nitrogens is 1. The number of halogens is 3. The maximum absolute atomic E-state index is 12.7. The highest BCUT2D eigenvalue weighted by molar-refractivity contribution is 5.97. The quantitative estimate of drug-likeness (QED) is 0.885. The molecule has 8 heteroatoms. The van der Waals surface area contributed by atoms with E-state index >= 15 is 0 Å². The average molecular weight is 290 g/mol. The Labute approximate surface area is 115 Å². The summed E-state index contributed by atoms with van der Waals surface area (Å²) in [5.41, 5.74) is 4.09. The number of amides is 1. The van der Waals surface area contributed by atoms with E-state index in [1.807, 2.05) is 19.0 Å². The van der Waals surface area contributed by atoms with Gasteiger partial charge in [0.25, 0.3) is 5.91 Å². The zero-order chi connectivity index (χ0) is 15.5. The zero-order valence-electron chi connectivity index (χ0n) is 11.5. The highest BCUT2D eigenvalue weighted by atomic mass is 19.4.